The fourth-order valence-corrected chi connectivity index (χ4v) is 4.08. The van der Waals surface area contributed by atoms with Crippen LogP contribution in [0, 0.1) is 0 Å². The van der Waals surface area contributed by atoms with Crippen LogP contribution in [0.3, 0.4) is 0 Å². The molecule has 0 amide bonds. The third-order valence-electron chi connectivity index (χ3n) is 3.54. The maximum atomic E-state index is 12.7. The van der Waals surface area contributed by atoms with E-state index in [1.807, 2.05) is 0 Å². The maximum Gasteiger partial charge on any atom is 0.246 e. The minimum Gasteiger partial charge on any atom is -0.495 e. The fourth-order valence-electron chi connectivity index (χ4n) is 2.50. The topological polar surface area (TPSA) is 70.1 Å². The fraction of sp³-hybridized carbons (Fsp3) is 0.571. The predicted molar refractivity (Wildman–Crippen MR) is 79.9 cm³/mol. The molecule has 1 atom stereocenters. The molecule has 7 heteroatoms. The molecule has 1 N–H and O–H groups in total. The van der Waals surface area contributed by atoms with E-state index in [1.165, 1.54) is 11.4 Å². The van der Waals surface area contributed by atoms with Crippen molar-refractivity contribution in [1.82, 2.24) is 9.21 Å². The highest BCUT2D eigenvalue weighted by molar-refractivity contribution is 7.89. The number of hydrogen-bond donors (Lipinski definition) is 1. The SMILES string of the molecule is COc1ccccc1S(=O)(=O)N1CCN(C[C@@H](C)O)CC1. The summed E-state index contributed by atoms with van der Waals surface area (Å²) in [4.78, 5) is 2.27. The lowest BCUT2D eigenvalue weighted by molar-refractivity contribution is 0.103. The molecular weight excluding hydrogens is 292 g/mol. The highest BCUT2D eigenvalue weighted by Crippen LogP contribution is 2.26. The van der Waals surface area contributed by atoms with Gasteiger partial charge in [0.25, 0.3) is 0 Å². The van der Waals surface area contributed by atoms with Crippen molar-refractivity contribution in [2.45, 2.75) is 17.9 Å². The summed E-state index contributed by atoms with van der Waals surface area (Å²) in [6.45, 7) is 4.40. The highest BCUT2D eigenvalue weighted by Gasteiger charge is 2.30. The molecule has 0 bridgehead atoms. The number of piperazine rings is 1. The molecule has 0 unspecified atom stereocenters. The molecule has 1 aliphatic heterocycles. The van der Waals surface area contributed by atoms with Gasteiger partial charge in [-0.2, -0.15) is 4.31 Å². The van der Waals surface area contributed by atoms with Gasteiger partial charge >= 0.3 is 0 Å². The van der Waals surface area contributed by atoms with E-state index >= 15 is 0 Å². The van der Waals surface area contributed by atoms with Crippen LogP contribution in [0.1, 0.15) is 6.92 Å². The maximum absolute atomic E-state index is 12.7. The van der Waals surface area contributed by atoms with E-state index < -0.39 is 16.1 Å². The molecule has 0 radical (unpaired) electrons. The van der Waals surface area contributed by atoms with E-state index in [0.29, 0.717) is 38.5 Å². The van der Waals surface area contributed by atoms with E-state index in [9.17, 15) is 13.5 Å². The molecule has 0 aliphatic carbocycles. The lowest BCUT2D eigenvalue weighted by atomic mass is 10.3. The van der Waals surface area contributed by atoms with E-state index in [-0.39, 0.29) is 4.90 Å². The Hall–Kier alpha value is -1.15. The van der Waals surface area contributed by atoms with Gasteiger partial charge in [0, 0.05) is 32.7 Å². The van der Waals surface area contributed by atoms with Crippen molar-refractivity contribution in [2.24, 2.45) is 0 Å². The van der Waals surface area contributed by atoms with Crippen LogP contribution < -0.4 is 4.74 Å². The summed E-state index contributed by atoms with van der Waals surface area (Å²) < 4.78 is 32.0. The third-order valence-corrected chi connectivity index (χ3v) is 5.48. The summed E-state index contributed by atoms with van der Waals surface area (Å²) in [5, 5.41) is 9.39. The van der Waals surface area contributed by atoms with Gasteiger partial charge in [-0.15, -0.1) is 0 Å². The normalized spacial score (nSPS) is 19.4. The first-order valence-electron chi connectivity index (χ1n) is 6.98. The molecule has 0 saturated carbocycles. The smallest absolute Gasteiger partial charge is 0.246 e. The van der Waals surface area contributed by atoms with Crippen LogP contribution in [0.2, 0.25) is 0 Å². The number of β-amino-alcohol motifs (C(OH)–C–C–N with tert-alkyl or cyclic N) is 1. The molecule has 0 spiro atoms. The lowest BCUT2D eigenvalue weighted by Crippen LogP contribution is -2.50. The van der Waals surface area contributed by atoms with Gasteiger partial charge in [0.05, 0.1) is 13.2 Å². The lowest BCUT2D eigenvalue weighted by Gasteiger charge is -2.34. The van der Waals surface area contributed by atoms with Gasteiger partial charge in [-0.3, -0.25) is 4.90 Å². The molecule has 1 fully saturated rings. The summed E-state index contributed by atoms with van der Waals surface area (Å²) >= 11 is 0. The number of ether oxygens (including phenoxy) is 1. The molecule has 1 saturated heterocycles. The Bertz CT molecular complexity index is 566. The van der Waals surface area contributed by atoms with Crippen molar-refractivity contribution in [2.75, 3.05) is 39.8 Å². The minimum atomic E-state index is -3.54. The van der Waals surface area contributed by atoms with Crippen LogP contribution in [-0.4, -0.2) is 68.7 Å². The van der Waals surface area contributed by atoms with Crippen molar-refractivity contribution < 1.29 is 18.3 Å². The third kappa shape index (κ3) is 3.74. The summed E-state index contributed by atoms with van der Waals surface area (Å²) in [6, 6.07) is 6.66. The Balaban J connectivity index is 2.11. The molecule has 1 heterocycles. The van der Waals surface area contributed by atoms with Gasteiger partial charge < -0.3 is 9.84 Å². The molecule has 1 aliphatic rings. The van der Waals surface area contributed by atoms with E-state index in [1.54, 1.807) is 31.2 Å². The van der Waals surface area contributed by atoms with Crippen molar-refractivity contribution in [1.29, 1.82) is 0 Å². The van der Waals surface area contributed by atoms with Crippen LogP contribution in [0.15, 0.2) is 29.2 Å². The molecule has 1 aromatic rings. The zero-order valence-corrected chi connectivity index (χ0v) is 13.2. The molecule has 6 nitrogen and oxygen atoms in total. The number of sulfonamides is 1. The molecule has 118 valence electrons. The largest absolute Gasteiger partial charge is 0.495 e. The molecule has 2 rings (SSSR count). The first-order valence-corrected chi connectivity index (χ1v) is 8.42. The number of rotatable bonds is 5. The van der Waals surface area contributed by atoms with Crippen LogP contribution in [0.5, 0.6) is 5.75 Å². The first-order chi connectivity index (χ1) is 9.95. The van der Waals surface area contributed by atoms with Gasteiger partial charge in [0.15, 0.2) is 0 Å². The van der Waals surface area contributed by atoms with E-state index in [2.05, 4.69) is 4.90 Å². The number of para-hydroxylation sites is 1. The molecular formula is C14H22N2O4S. The Labute approximate surface area is 126 Å². The number of aliphatic hydroxyl groups is 1. The average Bonchev–Trinajstić information content (AvgIpc) is 2.47. The summed E-state index contributed by atoms with van der Waals surface area (Å²) in [6.07, 6.45) is -0.401. The summed E-state index contributed by atoms with van der Waals surface area (Å²) in [5.41, 5.74) is 0. The second-order valence-corrected chi connectivity index (χ2v) is 7.11. The van der Waals surface area contributed by atoms with Crippen LogP contribution in [-0.2, 0) is 10.0 Å². The first kappa shape index (κ1) is 16.2. The number of methoxy groups -OCH3 is 1. The van der Waals surface area contributed by atoms with Crippen LogP contribution in [0.25, 0.3) is 0 Å². The second-order valence-electron chi connectivity index (χ2n) is 5.20. The Kier molecular flexibility index (Phi) is 5.21. The second kappa shape index (κ2) is 6.74. The average molecular weight is 314 g/mol. The highest BCUT2D eigenvalue weighted by atomic mass is 32.2. The van der Waals surface area contributed by atoms with Crippen molar-refractivity contribution in [3.63, 3.8) is 0 Å². The van der Waals surface area contributed by atoms with Gasteiger partial charge in [-0.25, -0.2) is 8.42 Å². The Morgan fingerprint density at radius 2 is 1.86 bits per heavy atom. The molecule has 21 heavy (non-hydrogen) atoms. The minimum absolute atomic E-state index is 0.205. The number of benzene rings is 1. The van der Waals surface area contributed by atoms with Crippen molar-refractivity contribution in [3.05, 3.63) is 24.3 Å². The standard InChI is InChI=1S/C14H22N2O4S/c1-12(17)11-15-7-9-16(10-8-15)21(18,19)14-6-4-3-5-13(14)20-2/h3-6,12,17H,7-11H2,1-2H3/t12-/m1/s1. The monoisotopic (exact) mass is 314 g/mol. The van der Waals surface area contributed by atoms with E-state index in [4.69, 9.17) is 4.74 Å². The zero-order valence-electron chi connectivity index (χ0n) is 12.4. The van der Waals surface area contributed by atoms with Crippen molar-refractivity contribution in [3.8, 4) is 5.75 Å². The zero-order chi connectivity index (χ0) is 15.5. The van der Waals surface area contributed by atoms with Crippen LogP contribution in [0.4, 0.5) is 0 Å². The number of aliphatic hydroxyl groups excluding tert-OH is 1. The quantitative estimate of drug-likeness (QED) is 0.851. The van der Waals surface area contributed by atoms with Crippen LogP contribution >= 0.6 is 0 Å². The van der Waals surface area contributed by atoms with Gasteiger partial charge in [-0.1, -0.05) is 12.1 Å². The van der Waals surface area contributed by atoms with E-state index in [0.717, 1.165) is 0 Å². The van der Waals surface area contributed by atoms with Gasteiger partial charge in [0.2, 0.25) is 10.0 Å². The number of nitrogens with zero attached hydrogens (tertiary/aromatic N) is 2. The van der Waals surface area contributed by atoms with Crippen molar-refractivity contribution >= 4 is 10.0 Å². The Morgan fingerprint density at radius 1 is 1.24 bits per heavy atom. The summed E-state index contributed by atoms with van der Waals surface area (Å²) in [5.74, 6) is 0.365. The predicted octanol–water partition coefficient (Wildman–Crippen LogP) is 0.382. The molecule has 0 aromatic heterocycles. The van der Waals surface area contributed by atoms with Gasteiger partial charge in [-0.05, 0) is 19.1 Å². The van der Waals surface area contributed by atoms with Gasteiger partial charge in [0.1, 0.15) is 10.6 Å². The Morgan fingerprint density at radius 3 is 2.43 bits per heavy atom. The summed E-state index contributed by atoms with van der Waals surface area (Å²) in [7, 11) is -2.07. The number of hydrogen-bond acceptors (Lipinski definition) is 5. The molecule has 1 aromatic carbocycles.